The van der Waals surface area contributed by atoms with Crippen LogP contribution in [0.15, 0.2) is 60.9 Å². The molecule has 9 heteroatoms. The van der Waals surface area contributed by atoms with E-state index in [2.05, 4.69) is 20.0 Å². The van der Waals surface area contributed by atoms with E-state index in [4.69, 9.17) is 11.6 Å². The minimum Gasteiger partial charge on any atom is -0.326 e. The van der Waals surface area contributed by atoms with Crippen molar-refractivity contribution in [2.75, 3.05) is 10.0 Å². The molecule has 1 fully saturated rings. The average molecular weight is 443 g/mol. The number of nitrogens with zero attached hydrogens (tertiary/aromatic N) is 2. The zero-order chi connectivity index (χ0) is 21.1. The number of aromatic nitrogens is 2. The summed E-state index contributed by atoms with van der Waals surface area (Å²) >= 11 is 5.97. The van der Waals surface area contributed by atoms with Gasteiger partial charge in [0.15, 0.2) is 0 Å². The van der Waals surface area contributed by atoms with Gasteiger partial charge in [-0.25, -0.2) is 13.4 Å². The van der Waals surface area contributed by atoms with Crippen LogP contribution in [0.3, 0.4) is 0 Å². The lowest BCUT2D eigenvalue weighted by molar-refractivity contribution is -0.115. The highest BCUT2D eigenvalue weighted by atomic mass is 35.5. The van der Waals surface area contributed by atoms with Crippen molar-refractivity contribution in [2.45, 2.75) is 24.5 Å². The molecule has 0 atom stereocenters. The second-order valence-corrected chi connectivity index (χ2v) is 9.45. The molecule has 0 radical (unpaired) electrons. The Morgan fingerprint density at radius 3 is 2.53 bits per heavy atom. The number of hydrogen-bond donors (Lipinski definition) is 2. The number of hydrogen-bond acceptors (Lipinski definition) is 5. The predicted molar refractivity (Wildman–Crippen MR) is 117 cm³/mol. The van der Waals surface area contributed by atoms with Gasteiger partial charge in [-0.2, -0.15) is 0 Å². The van der Waals surface area contributed by atoms with Crippen molar-refractivity contribution in [3.05, 3.63) is 71.6 Å². The maximum Gasteiger partial charge on any atom is 0.236 e. The first-order chi connectivity index (χ1) is 14.4. The van der Waals surface area contributed by atoms with Crippen LogP contribution < -0.4 is 10.0 Å². The van der Waals surface area contributed by atoms with E-state index in [1.54, 1.807) is 42.7 Å². The zero-order valence-electron chi connectivity index (χ0n) is 15.9. The van der Waals surface area contributed by atoms with Gasteiger partial charge in [-0.15, -0.1) is 0 Å². The Morgan fingerprint density at radius 2 is 1.83 bits per heavy atom. The van der Waals surface area contributed by atoms with Crippen LogP contribution in [0.2, 0.25) is 5.02 Å². The highest BCUT2D eigenvalue weighted by molar-refractivity contribution is 7.93. The molecule has 7 nitrogen and oxygen atoms in total. The van der Waals surface area contributed by atoms with Gasteiger partial charge in [-0.1, -0.05) is 29.8 Å². The van der Waals surface area contributed by atoms with Crippen LogP contribution in [0.25, 0.3) is 11.1 Å². The van der Waals surface area contributed by atoms with Crippen LogP contribution in [-0.2, 0) is 21.2 Å². The number of carbonyl (C=O) groups is 1. The third kappa shape index (κ3) is 5.14. The number of amides is 1. The first-order valence-electron chi connectivity index (χ1n) is 9.37. The van der Waals surface area contributed by atoms with Gasteiger partial charge in [0, 0.05) is 23.6 Å². The summed E-state index contributed by atoms with van der Waals surface area (Å²) in [5, 5.41) is 3.04. The van der Waals surface area contributed by atoms with E-state index < -0.39 is 10.0 Å². The fourth-order valence-electron chi connectivity index (χ4n) is 2.93. The molecular formula is C21H19ClN4O3S. The highest BCUT2D eigenvalue weighted by Crippen LogP contribution is 2.29. The number of benzene rings is 1. The first-order valence-corrected chi connectivity index (χ1v) is 11.3. The Hall–Kier alpha value is -2.97. The summed E-state index contributed by atoms with van der Waals surface area (Å²) in [6.45, 7) is 0. The number of nitrogens with one attached hydrogen (secondary N) is 2. The van der Waals surface area contributed by atoms with Crippen LogP contribution >= 0.6 is 11.6 Å². The molecule has 1 aliphatic carbocycles. The number of anilines is 2. The highest BCUT2D eigenvalue weighted by Gasteiger charge is 2.35. The van der Waals surface area contributed by atoms with E-state index in [1.807, 2.05) is 18.2 Å². The van der Waals surface area contributed by atoms with Crippen LogP contribution in [0.1, 0.15) is 18.5 Å². The molecule has 0 saturated heterocycles. The summed E-state index contributed by atoms with van der Waals surface area (Å²) in [5.74, 6) is -0.0199. The lowest BCUT2D eigenvalue weighted by atomic mass is 10.1. The normalized spacial score (nSPS) is 13.6. The van der Waals surface area contributed by atoms with Gasteiger partial charge in [-0.05, 0) is 48.7 Å². The Kier molecular flexibility index (Phi) is 5.69. The summed E-state index contributed by atoms with van der Waals surface area (Å²) in [5.41, 5.74) is 2.94. The van der Waals surface area contributed by atoms with Crippen molar-refractivity contribution in [3.63, 3.8) is 0 Å². The lowest BCUT2D eigenvalue weighted by Gasteiger charge is -2.09. The molecule has 0 bridgehead atoms. The van der Waals surface area contributed by atoms with Gasteiger partial charge in [0.2, 0.25) is 15.9 Å². The number of pyridine rings is 2. The fourth-order valence-corrected chi connectivity index (χ4v) is 4.43. The van der Waals surface area contributed by atoms with E-state index in [0.29, 0.717) is 29.2 Å². The van der Waals surface area contributed by atoms with E-state index in [0.717, 1.165) is 11.1 Å². The SMILES string of the molecule is O=C(Cc1cccc(NS(=O)(=O)C2CC2)n1)Nc1ccc(-c2cncc(Cl)c2)cc1. The molecule has 3 aromatic rings. The topological polar surface area (TPSA) is 101 Å². The van der Waals surface area contributed by atoms with E-state index >= 15 is 0 Å². The Morgan fingerprint density at radius 1 is 1.07 bits per heavy atom. The maximum atomic E-state index is 12.4. The molecule has 4 rings (SSSR count). The summed E-state index contributed by atoms with van der Waals surface area (Å²) in [7, 11) is -3.39. The number of sulfonamides is 1. The molecule has 0 spiro atoms. The van der Waals surface area contributed by atoms with Crippen molar-refractivity contribution >= 4 is 39.0 Å². The molecule has 0 unspecified atom stereocenters. The molecular weight excluding hydrogens is 424 g/mol. The second kappa shape index (κ2) is 8.41. The molecule has 0 aliphatic heterocycles. The molecule has 2 aromatic heterocycles. The van der Waals surface area contributed by atoms with Crippen molar-refractivity contribution in [1.82, 2.24) is 9.97 Å². The smallest absolute Gasteiger partial charge is 0.236 e. The summed E-state index contributed by atoms with van der Waals surface area (Å²) < 4.78 is 26.6. The molecule has 1 aliphatic rings. The number of halogens is 1. The standard InChI is InChI=1S/C21H19ClN4O3S/c22-16-10-15(12-23-13-16)14-4-6-17(7-5-14)25-21(27)11-18-2-1-3-20(24-18)26-30(28,29)19-8-9-19/h1-7,10,12-13,19H,8-9,11H2,(H,24,26)(H,25,27). The quantitative estimate of drug-likeness (QED) is 0.578. The minimum absolute atomic E-state index is 0.0267. The number of carbonyl (C=O) groups excluding carboxylic acids is 1. The van der Waals surface area contributed by atoms with Crippen LogP contribution in [0.5, 0.6) is 0 Å². The summed E-state index contributed by atoms with van der Waals surface area (Å²) in [4.78, 5) is 20.7. The Labute approximate surface area is 179 Å². The molecule has 1 saturated carbocycles. The third-order valence-corrected chi connectivity index (χ3v) is 6.61. The van der Waals surface area contributed by atoms with Crippen molar-refractivity contribution in [1.29, 1.82) is 0 Å². The second-order valence-electron chi connectivity index (χ2n) is 7.05. The van der Waals surface area contributed by atoms with Crippen LogP contribution in [0.4, 0.5) is 11.5 Å². The zero-order valence-corrected chi connectivity index (χ0v) is 17.4. The van der Waals surface area contributed by atoms with Gasteiger partial charge < -0.3 is 5.32 Å². The van der Waals surface area contributed by atoms with Gasteiger partial charge >= 0.3 is 0 Å². The van der Waals surface area contributed by atoms with Crippen molar-refractivity contribution in [2.24, 2.45) is 0 Å². The fraction of sp³-hybridized carbons (Fsp3) is 0.190. The Balaban J connectivity index is 1.38. The van der Waals surface area contributed by atoms with Gasteiger partial charge in [0.1, 0.15) is 5.82 Å². The molecule has 1 amide bonds. The Bertz CT molecular complexity index is 1180. The average Bonchev–Trinajstić information content (AvgIpc) is 3.54. The first kappa shape index (κ1) is 20.3. The lowest BCUT2D eigenvalue weighted by Crippen LogP contribution is -2.19. The van der Waals surface area contributed by atoms with E-state index in [9.17, 15) is 13.2 Å². The van der Waals surface area contributed by atoms with Gasteiger partial charge in [0.05, 0.1) is 22.4 Å². The molecule has 154 valence electrons. The molecule has 2 N–H and O–H groups in total. The van der Waals surface area contributed by atoms with Gasteiger partial charge in [-0.3, -0.25) is 14.5 Å². The third-order valence-electron chi connectivity index (χ3n) is 4.57. The van der Waals surface area contributed by atoms with Crippen molar-refractivity contribution < 1.29 is 13.2 Å². The van der Waals surface area contributed by atoms with E-state index in [-0.39, 0.29) is 23.4 Å². The summed E-state index contributed by atoms with van der Waals surface area (Å²) in [6, 6.07) is 14.1. The van der Waals surface area contributed by atoms with Gasteiger partial charge in [0.25, 0.3) is 0 Å². The van der Waals surface area contributed by atoms with Crippen LogP contribution in [-0.4, -0.2) is 29.5 Å². The number of rotatable bonds is 7. The van der Waals surface area contributed by atoms with E-state index in [1.165, 1.54) is 0 Å². The largest absolute Gasteiger partial charge is 0.326 e. The minimum atomic E-state index is -3.39. The monoisotopic (exact) mass is 442 g/mol. The molecule has 2 heterocycles. The van der Waals surface area contributed by atoms with Crippen molar-refractivity contribution in [3.8, 4) is 11.1 Å². The van der Waals surface area contributed by atoms with Crippen LogP contribution in [0, 0.1) is 0 Å². The molecule has 1 aromatic carbocycles. The predicted octanol–water partition coefficient (Wildman–Crippen LogP) is 3.88. The molecule has 30 heavy (non-hydrogen) atoms. The maximum absolute atomic E-state index is 12.4. The summed E-state index contributed by atoms with van der Waals surface area (Å²) in [6.07, 6.45) is 4.65.